The molecular weight excluding hydrogens is 378 g/mol. The molecule has 0 amide bonds. The van der Waals surface area contributed by atoms with E-state index in [-0.39, 0.29) is 0 Å². The zero-order chi connectivity index (χ0) is 21.3. The van der Waals surface area contributed by atoms with E-state index in [1.807, 2.05) is 18.5 Å². The third-order valence-corrected chi connectivity index (χ3v) is 5.64. The van der Waals surface area contributed by atoms with Crippen molar-refractivity contribution in [3.63, 3.8) is 0 Å². The van der Waals surface area contributed by atoms with Crippen LogP contribution in [0.25, 0.3) is 0 Å². The number of hydrogen-bond donors (Lipinski definition) is 1. The highest BCUT2D eigenvalue weighted by Gasteiger charge is 2.19. The summed E-state index contributed by atoms with van der Waals surface area (Å²) in [6.07, 6.45) is 3.79. The minimum Gasteiger partial charge on any atom is -0.326 e. The fourth-order valence-corrected chi connectivity index (χ4v) is 4.01. The van der Waals surface area contributed by atoms with Gasteiger partial charge in [0.2, 0.25) is 0 Å². The Kier molecular flexibility index (Phi) is 7.22. The highest BCUT2D eigenvalue weighted by Crippen LogP contribution is 2.27. The second-order valence-electron chi connectivity index (χ2n) is 7.93. The van der Waals surface area contributed by atoms with Crippen molar-refractivity contribution < 1.29 is 0 Å². The highest BCUT2D eigenvalue weighted by molar-refractivity contribution is 5.33. The fraction of sp³-hybridized carbons (Fsp3) is 0.179. The summed E-state index contributed by atoms with van der Waals surface area (Å²) in [4.78, 5) is 6.84. The summed E-state index contributed by atoms with van der Waals surface area (Å²) in [5.41, 5.74) is 12.1. The van der Waals surface area contributed by atoms with Gasteiger partial charge in [-0.1, -0.05) is 91.0 Å². The van der Waals surface area contributed by atoms with E-state index >= 15 is 0 Å². The average Bonchev–Trinajstić information content (AvgIpc) is 2.84. The molecule has 0 aliphatic heterocycles. The molecule has 0 atom stereocenters. The molecule has 1 heterocycles. The maximum Gasteiger partial charge on any atom is 0.0312 e. The topological polar surface area (TPSA) is 42.1 Å². The molecule has 0 fully saturated rings. The molecule has 3 nitrogen and oxygen atoms in total. The van der Waals surface area contributed by atoms with Gasteiger partial charge in [-0.15, -0.1) is 0 Å². The first-order chi connectivity index (χ1) is 15.3. The summed E-state index contributed by atoms with van der Waals surface area (Å²) in [6, 6.07) is 34.4. The van der Waals surface area contributed by atoms with E-state index in [1.54, 1.807) is 0 Å². The Morgan fingerprint density at radius 3 is 1.77 bits per heavy atom. The van der Waals surface area contributed by atoms with Crippen LogP contribution in [-0.2, 0) is 19.6 Å². The Morgan fingerprint density at radius 1 is 0.645 bits per heavy atom. The zero-order valence-corrected chi connectivity index (χ0v) is 17.8. The lowest BCUT2D eigenvalue weighted by Crippen LogP contribution is -2.28. The Morgan fingerprint density at radius 2 is 1.23 bits per heavy atom. The van der Waals surface area contributed by atoms with Crippen molar-refractivity contribution in [3.05, 3.63) is 137 Å². The van der Waals surface area contributed by atoms with Crippen LogP contribution in [0, 0.1) is 0 Å². The number of pyridine rings is 1. The van der Waals surface area contributed by atoms with Crippen molar-refractivity contribution >= 4 is 0 Å². The second kappa shape index (κ2) is 10.7. The predicted octanol–water partition coefficient (Wildman–Crippen LogP) is 5.37. The van der Waals surface area contributed by atoms with E-state index in [9.17, 15) is 0 Å². The largest absolute Gasteiger partial charge is 0.326 e. The molecule has 1 aromatic heterocycles. The number of hydrogen-bond acceptors (Lipinski definition) is 3. The second-order valence-corrected chi connectivity index (χ2v) is 7.93. The van der Waals surface area contributed by atoms with Gasteiger partial charge in [0.25, 0.3) is 0 Å². The van der Waals surface area contributed by atoms with Crippen LogP contribution in [-0.4, -0.2) is 16.4 Å². The van der Waals surface area contributed by atoms with Gasteiger partial charge in [-0.2, -0.15) is 0 Å². The van der Waals surface area contributed by atoms with Gasteiger partial charge in [-0.3, -0.25) is 9.88 Å². The van der Waals surface area contributed by atoms with Crippen LogP contribution in [0.3, 0.4) is 0 Å². The Balaban J connectivity index is 1.63. The Hall–Kier alpha value is -3.27. The number of benzene rings is 3. The number of aromatic nitrogens is 1. The third kappa shape index (κ3) is 5.88. The summed E-state index contributed by atoms with van der Waals surface area (Å²) in [6.45, 7) is 3.21. The van der Waals surface area contributed by atoms with E-state index in [2.05, 4.69) is 101 Å². The molecule has 0 saturated carbocycles. The van der Waals surface area contributed by atoms with Crippen LogP contribution in [0.1, 0.15) is 33.7 Å². The maximum atomic E-state index is 5.78. The highest BCUT2D eigenvalue weighted by atomic mass is 15.1. The van der Waals surface area contributed by atoms with Crippen LogP contribution >= 0.6 is 0 Å². The van der Waals surface area contributed by atoms with Crippen LogP contribution in [0.4, 0.5) is 0 Å². The Bertz CT molecular complexity index is 992. The zero-order valence-electron chi connectivity index (χ0n) is 17.8. The van der Waals surface area contributed by atoms with E-state index < -0.39 is 0 Å². The van der Waals surface area contributed by atoms with Gasteiger partial charge >= 0.3 is 0 Å². The minimum atomic E-state index is 0.294. The molecule has 0 saturated heterocycles. The summed E-state index contributed by atoms with van der Waals surface area (Å²) >= 11 is 0. The van der Waals surface area contributed by atoms with Gasteiger partial charge in [0.05, 0.1) is 0 Å². The van der Waals surface area contributed by atoms with Gasteiger partial charge in [0.15, 0.2) is 0 Å². The lowest BCUT2D eigenvalue weighted by Gasteiger charge is -2.28. The minimum absolute atomic E-state index is 0.294. The molecule has 0 radical (unpaired) electrons. The lowest BCUT2D eigenvalue weighted by molar-refractivity contribution is 0.248. The number of nitrogens with zero attached hydrogens (tertiary/aromatic N) is 2. The van der Waals surface area contributed by atoms with Crippen molar-refractivity contribution in [3.8, 4) is 0 Å². The van der Waals surface area contributed by atoms with Crippen LogP contribution in [0.2, 0.25) is 0 Å². The van der Waals surface area contributed by atoms with Gasteiger partial charge in [-0.25, -0.2) is 0 Å². The molecule has 0 unspecified atom stereocenters. The molecule has 4 rings (SSSR count). The number of nitrogens with two attached hydrogens (primary N) is 1. The summed E-state index contributed by atoms with van der Waals surface area (Å²) < 4.78 is 0. The molecule has 0 spiro atoms. The van der Waals surface area contributed by atoms with Crippen molar-refractivity contribution in [1.29, 1.82) is 0 Å². The molecule has 3 aromatic carbocycles. The van der Waals surface area contributed by atoms with Gasteiger partial charge in [0, 0.05) is 44.5 Å². The van der Waals surface area contributed by atoms with Crippen LogP contribution in [0.15, 0.2) is 109 Å². The van der Waals surface area contributed by atoms with Crippen molar-refractivity contribution in [1.82, 2.24) is 9.88 Å². The maximum absolute atomic E-state index is 5.78. The van der Waals surface area contributed by atoms with Crippen LogP contribution < -0.4 is 5.73 Å². The first-order valence-corrected chi connectivity index (χ1v) is 10.8. The molecule has 4 aromatic rings. The summed E-state index contributed by atoms with van der Waals surface area (Å²) in [5, 5.41) is 0. The SMILES string of the molecule is NCc1ccc(CN(Cc2cccnc2)CC(c2ccccc2)c2ccccc2)cc1. The van der Waals surface area contributed by atoms with Gasteiger partial charge in [0.1, 0.15) is 0 Å². The lowest BCUT2D eigenvalue weighted by atomic mass is 9.90. The van der Waals surface area contributed by atoms with Crippen molar-refractivity contribution in [2.75, 3.05) is 6.54 Å². The van der Waals surface area contributed by atoms with E-state index in [4.69, 9.17) is 5.73 Å². The van der Waals surface area contributed by atoms with Crippen molar-refractivity contribution in [2.24, 2.45) is 5.73 Å². The molecule has 0 aliphatic rings. The number of rotatable bonds is 9. The van der Waals surface area contributed by atoms with Crippen molar-refractivity contribution in [2.45, 2.75) is 25.6 Å². The monoisotopic (exact) mass is 407 g/mol. The van der Waals surface area contributed by atoms with Gasteiger partial charge in [-0.05, 0) is 33.9 Å². The fourth-order valence-electron chi connectivity index (χ4n) is 4.01. The molecule has 2 N–H and O–H groups in total. The molecule has 3 heteroatoms. The Labute approximate surface area is 185 Å². The predicted molar refractivity (Wildman–Crippen MR) is 127 cm³/mol. The standard InChI is InChI=1S/C28H29N3/c29-18-23-13-15-24(16-14-23)20-31(21-25-8-7-17-30-19-25)22-28(26-9-3-1-4-10-26)27-11-5-2-6-12-27/h1-17,19,28H,18,20-22,29H2. The van der Waals surface area contributed by atoms with E-state index in [1.165, 1.54) is 22.3 Å². The smallest absolute Gasteiger partial charge is 0.0312 e. The molecule has 0 bridgehead atoms. The van der Waals surface area contributed by atoms with Crippen LogP contribution in [0.5, 0.6) is 0 Å². The molecule has 156 valence electrons. The summed E-state index contributed by atoms with van der Waals surface area (Å²) in [5.74, 6) is 0.294. The van der Waals surface area contributed by atoms with Gasteiger partial charge < -0.3 is 5.73 Å². The molecule has 0 aliphatic carbocycles. The van der Waals surface area contributed by atoms with E-state index in [0.717, 1.165) is 25.2 Å². The third-order valence-electron chi connectivity index (χ3n) is 5.64. The first-order valence-electron chi connectivity index (χ1n) is 10.8. The quantitative estimate of drug-likeness (QED) is 0.405. The molecule has 31 heavy (non-hydrogen) atoms. The van der Waals surface area contributed by atoms with E-state index in [0.29, 0.717) is 12.5 Å². The summed E-state index contributed by atoms with van der Waals surface area (Å²) in [7, 11) is 0. The normalized spacial score (nSPS) is 11.2. The first kappa shape index (κ1) is 21.0. The molecular formula is C28H29N3. The average molecular weight is 408 g/mol.